The Labute approximate surface area is 84.6 Å². The Morgan fingerprint density at radius 2 is 1.85 bits per heavy atom. The highest BCUT2D eigenvalue weighted by Gasteiger charge is 2.11. The van der Waals surface area contributed by atoms with E-state index in [0.29, 0.717) is 11.5 Å². The van der Waals surface area contributed by atoms with Gasteiger partial charge in [0.2, 0.25) is 0 Å². The molecule has 0 aromatic heterocycles. The summed E-state index contributed by atoms with van der Waals surface area (Å²) in [6.07, 6.45) is 0. The lowest BCUT2D eigenvalue weighted by molar-refractivity contribution is -0.137. The van der Waals surface area contributed by atoms with Crippen molar-refractivity contribution in [3.05, 3.63) is 0 Å². The smallest absolute Gasteiger partial charge is 0.321 e. The largest absolute Gasteiger partial charge is 0.480 e. The lowest BCUT2D eigenvalue weighted by atomic mass is 10.4. The molecule has 0 saturated heterocycles. The first-order valence-electron chi connectivity index (χ1n) is 3.67. The van der Waals surface area contributed by atoms with Gasteiger partial charge in [-0.15, -0.1) is 0 Å². The van der Waals surface area contributed by atoms with Crippen LogP contribution in [0.2, 0.25) is 0 Å². The Bertz CT molecular complexity index is 159. The number of hydrogen-bond acceptors (Lipinski definition) is 6. The average molecular weight is 226 g/mol. The molecule has 5 nitrogen and oxygen atoms in total. The van der Waals surface area contributed by atoms with Gasteiger partial charge in [0.05, 0.1) is 6.61 Å². The van der Waals surface area contributed by atoms with Crippen molar-refractivity contribution in [2.75, 3.05) is 18.1 Å². The second kappa shape index (κ2) is 7.45. The van der Waals surface area contributed by atoms with E-state index in [0.717, 1.165) is 0 Å². The van der Waals surface area contributed by atoms with Gasteiger partial charge < -0.3 is 21.7 Å². The minimum absolute atomic E-state index is 0.0570. The lowest BCUT2D eigenvalue weighted by Crippen LogP contribution is -2.32. The van der Waals surface area contributed by atoms with Crippen LogP contribution in [0, 0.1) is 0 Å². The number of carbonyl (C=O) groups is 1. The molecule has 7 heteroatoms. The molecule has 0 saturated carbocycles. The van der Waals surface area contributed by atoms with Crippen LogP contribution in [0.25, 0.3) is 0 Å². The molecule has 0 heterocycles. The molecular formula is C6H14N2O3S2. The van der Waals surface area contributed by atoms with Gasteiger partial charge in [0, 0.05) is 17.5 Å². The van der Waals surface area contributed by atoms with Gasteiger partial charge in [-0.05, 0) is 0 Å². The van der Waals surface area contributed by atoms with Crippen molar-refractivity contribution in [3.8, 4) is 0 Å². The van der Waals surface area contributed by atoms with Crippen molar-refractivity contribution in [2.24, 2.45) is 11.5 Å². The molecule has 0 fully saturated rings. The van der Waals surface area contributed by atoms with E-state index in [1.54, 1.807) is 0 Å². The lowest BCUT2D eigenvalue weighted by Gasteiger charge is -2.08. The Morgan fingerprint density at radius 3 is 2.31 bits per heavy atom. The molecule has 0 aromatic carbocycles. The highest BCUT2D eigenvalue weighted by Crippen LogP contribution is 2.21. The zero-order valence-electron chi connectivity index (χ0n) is 7.05. The normalized spacial score (nSPS) is 15.3. The number of nitrogens with two attached hydrogens (primary N) is 2. The van der Waals surface area contributed by atoms with Crippen molar-refractivity contribution in [1.82, 2.24) is 0 Å². The quantitative estimate of drug-likeness (QED) is 0.329. The first-order valence-corrected chi connectivity index (χ1v) is 6.16. The van der Waals surface area contributed by atoms with Gasteiger partial charge >= 0.3 is 5.97 Å². The van der Waals surface area contributed by atoms with Crippen LogP contribution in [0.15, 0.2) is 0 Å². The van der Waals surface area contributed by atoms with Crippen LogP contribution in [0.5, 0.6) is 0 Å². The summed E-state index contributed by atoms with van der Waals surface area (Å²) in [5, 5.41) is 17.0. The van der Waals surface area contributed by atoms with Gasteiger partial charge in [-0.1, -0.05) is 21.6 Å². The zero-order chi connectivity index (χ0) is 10.3. The van der Waals surface area contributed by atoms with Crippen LogP contribution in [0.4, 0.5) is 0 Å². The Kier molecular flexibility index (Phi) is 7.48. The predicted octanol–water partition coefficient (Wildman–Crippen LogP) is -0.901. The fraction of sp³-hybridized carbons (Fsp3) is 0.833. The summed E-state index contributed by atoms with van der Waals surface area (Å²) in [4.78, 5) is 10.3. The molecule has 0 aliphatic heterocycles. The number of aliphatic hydroxyl groups excluding tert-OH is 1. The molecular weight excluding hydrogens is 212 g/mol. The third-order valence-electron chi connectivity index (χ3n) is 1.16. The number of hydrogen-bond donors (Lipinski definition) is 4. The minimum Gasteiger partial charge on any atom is -0.480 e. The number of carboxylic acids is 1. The van der Waals surface area contributed by atoms with E-state index in [1.165, 1.54) is 21.6 Å². The van der Waals surface area contributed by atoms with E-state index < -0.39 is 12.0 Å². The Balaban J connectivity index is 3.30. The molecule has 0 amide bonds. The third kappa shape index (κ3) is 7.15. The fourth-order valence-corrected chi connectivity index (χ4v) is 2.68. The summed E-state index contributed by atoms with van der Waals surface area (Å²) in [5.74, 6) is -0.0642. The average Bonchev–Trinajstić information content (AvgIpc) is 2.11. The van der Waals surface area contributed by atoms with Gasteiger partial charge in [-0.25, -0.2) is 0 Å². The summed E-state index contributed by atoms with van der Waals surface area (Å²) in [5.41, 5.74) is 10.7. The number of carboxylic acid groups (broad SMARTS) is 1. The van der Waals surface area contributed by atoms with Crippen molar-refractivity contribution >= 4 is 27.6 Å². The maximum atomic E-state index is 10.3. The van der Waals surface area contributed by atoms with E-state index in [2.05, 4.69) is 0 Å². The van der Waals surface area contributed by atoms with Crippen LogP contribution in [0.1, 0.15) is 0 Å². The van der Waals surface area contributed by atoms with Crippen LogP contribution in [0.3, 0.4) is 0 Å². The first kappa shape index (κ1) is 13.1. The standard InChI is InChI=1S/C6H14N2O3S2/c7-4(1-9)2-12-13-3-5(8)6(10)11/h4-5,9H,1-3,7-8H2,(H,10,11). The van der Waals surface area contributed by atoms with Gasteiger partial charge in [-0.3, -0.25) is 4.79 Å². The molecule has 2 unspecified atom stereocenters. The molecule has 0 aliphatic rings. The topological polar surface area (TPSA) is 110 Å². The monoisotopic (exact) mass is 226 g/mol. The zero-order valence-corrected chi connectivity index (χ0v) is 8.68. The van der Waals surface area contributed by atoms with Crippen molar-refractivity contribution < 1.29 is 15.0 Å². The summed E-state index contributed by atoms with van der Waals surface area (Å²) in [6, 6.07) is -1.08. The Hall–Kier alpha value is 0.0500. The predicted molar refractivity (Wildman–Crippen MR) is 55.6 cm³/mol. The van der Waals surface area contributed by atoms with E-state index in [9.17, 15) is 4.79 Å². The third-order valence-corrected chi connectivity index (χ3v) is 3.71. The van der Waals surface area contributed by atoms with E-state index in [-0.39, 0.29) is 12.6 Å². The summed E-state index contributed by atoms with van der Waals surface area (Å²) in [6.45, 7) is -0.0570. The summed E-state index contributed by atoms with van der Waals surface area (Å²) in [7, 11) is 2.77. The van der Waals surface area contributed by atoms with E-state index in [4.69, 9.17) is 21.7 Å². The molecule has 0 aliphatic carbocycles. The van der Waals surface area contributed by atoms with Crippen molar-refractivity contribution in [1.29, 1.82) is 0 Å². The number of rotatable bonds is 7. The van der Waals surface area contributed by atoms with Crippen LogP contribution in [-0.4, -0.2) is 46.4 Å². The molecule has 0 rings (SSSR count). The molecule has 0 spiro atoms. The molecule has 0 aromatic rings. The molecule has 13 heavy (non-hydrogen) atoms. The Morgan fingerprint density at radius 1 is 1.31 bits per heavy atom. The maximum absolute atomic E-state index is 10.3. The van der Waals surface area contributed by atoms with Crippen molar-refractivity contribution in [3.63, 3.8) is 0 Å². The van der Waals surface area contributed by atoms with Crippen LogP contribution in [-0.2, 0) is 4.79 Å². The summed E-state index contributed by atoms with van der Waals surface area (Å²) < 4.78 is 0. The number of aliphatic hydroxyl groups is 1. The van der Waals surface area contributed by atoms with Gasteiger partial charge in [0.25, 0.3) is 0 Å². The second-order valence-electron chi connectivity index (χ2n) is 2.46. The maximum Gasteiger partial charge on any atom is 0.321 e. The van der Waals surface area contributed by atoms with E-state index in [1.807, 2.05) is 0 Å². The number of aliphatic carboxylic acids is 1. The highest BCUT2D eigenvalue weighted by molar-refractivity contribution is 8.76. The van der Waals surface area contributed by atoms with E-state index >= 15 is 0 Å². The molecule has 0 bridgehead atoms. The van der Waals surface area contributed by atoms with Crippen LogP contribution >= 0.6 is 21.6 Å². The first-order chi connectivity index (χ1) is 6.07. The molecule has 0 radical (unpaired) electrons. The van der Waals surface area contributed by atoms with Crippen LogP contribution < -0.4 is 11.5 Å². The van der Waals surface area contributed by atoms with Gasteiger partial charge in [0.15, 0.2) is 0 Å². The minimum atomic E-state index is -1.00. The van der Waals surface area contributed by atoms with Crippen molar-refractivity contribution in [2.45, 2.75) is 12.1 Å². The fourth-order valence-electron chi connectivity index (χ4n) is 0.381. The highest BCUT2D eigenvalue weighted by atomic mass is 33.1. The molecule has 6 N–H and O–H groups in total. The van der Waals surface area contributed by atoms with Gasteiger partial charge in [0.1, 0.15) is 6.04 Å². The molecule has 78 valence electrons. The molecule has 2 atom stereocenters. The SMILES string of the molecule is NC(CO)CSSCC(N)C(=O)O. The summed E-state index contributed by atoms with van der Waals surface area (Å²) >= 11 is 0. The second-order valence-corrected chi connectivity index (χ2v) is 5.01. The van der Waals surface area contributed by atoms with Gasteiger partial charge in [-0.2, -0.15) is 0 Å².